The Hall–Kier alpha value is -2.36. The van der Waals surface area contributed by atoms with Crippen LogP contribution in [0.15, 0.2) is 30.3 Å². The van der Waals surface area contributed by atoms with E-state index in [-0.39, 0.29) is 6.79 Å². The molecule has 2 aromatic rings. The second-order valence-electron chi connectivity index (χ2n) is 4.94. The number of anilines is 1. The fourth-order valence-electron chi connectivity index (χ4n) is 2.28. The molecular weight excluding hydrogens is 254 g/mol. The van der Waals surface area contributed by atoms with Crippen molar-refractivity contribution < 1.29 is 14.6 Å². The highest BCUT2D eigenvalue weighted by atomic mass is 16.7. The van der Waals surface area contributed by atoms with Gasteiger partial charge in [-0.05, 0) is 43.2 Å². The van der Waals surface area contributed by atoms with Gasteiger partial charge in [-0.3, -0.25) is 0 Å². The fraction of sp³-hybridized carbons (Fsp3) is 0.250. The van der Waals surface area contributed by atoms with Gasteiger partial charge in [0.25, 0.3) is 0 Å². The highest BCUT2D eigenvalue weighted by Crippen LogP contribution is 2.33. The number of benzene rings is 2. The molecule has 3 rings (SSSR count). The Morgan fingerprint density at radius 2 is 1.90 bits per heavy atom. The molecule has 1 heterocycles. The number of nitrogens with one attached hydrogen (secondary N) is 1. The summed E-state index contributed by atoms with van der Waals surface area (Å²) in [5, 5.41) is 13.3. The molecule has 0 bridgehead atoms. The van der Waals surface area contributed by atoms with Crippen LogP contribution in [0.4, 0.5) is 5.69 Å². The maximum atomic E-state index is 9.93. The Balaban J connectivity index is 1.75. The number of fused-ring (bicyclic) bond motifs is 1. The second kappa shape index (κ2) is 4.96. The monoisotopic (exact) mass is 271 g/mol. The first-order valence-electron chi connectivity index (χ1n) is 6.57. The van der Waals surface area contributed by atoms with Crippen LogP contribution in [0.1, 0.15) is 16.7 Å². The molecule has 0 amide bonds. The maximum Gasteiger partial charge on any atom is 0.231 e. The second-order valence-corrected chi connectivity index (χ2v) is 4.94. The van der Waals surface area contributed by atoms with Crippen molar-refractivity contribution in [3.8, 4) is 17.2 Å². The summed E-state index contributed by atoms with van der Waals surface area (Å²) >= 11 is 0. The average Bonchev–Trinajstić information content (AvgIpc) is 2.91. The normalized spacial score (nSPS) is 12.5. The van der Waals surface area contributed by atoms with E-state index < -0.39 is 0 Å². The van der Waals surface area contributed by atoms with E-state index in [0.29, 0.717) is 12.3 Å². The Labute approximate surface area is 118 Å². The number of rotatable bonds is 3. The minimum atomic E-state index is 0.289. The molecule has 0 saturated carbocycles. The molecule has 4 heteroatoms. The summed E-state index contributed by atoms with van der Waals surface area (Å²) in [6.45, 7) is 4.76. The molecule has 0 atom stereocenters. The topological polar surface area (TPSA) is 50.7 Å². The first kappa shape index (κ1) is 12.7. The van der Waals surface area contributed by atoms with E-state index in [9.17, 15) is 5.11 Å². The lowest BCUT2D eigenvalue weighted by Crippen LogP contribution is -2.01. The summed E-state index contributed by atoms with van der Waals surface area (Å²) in [7, 11) is 0. The molecular formula is C16H17NO3. The SMILES string of the molecule is Cc1ccc(NCc2ccc3c(c2)OCO3)c(C)c1O. The summed E-state index contributed by atoms with van der Waals surface area (Å²) < 4.78 is 10.6. The third-order valence-corrected chi connectivity index (χ3v) is 3.55. The van der Waals surface area contributed by atoms with Gasteiger partial charge in [-0.2, -0.15) is 0 Å². The van der Waals surface area contributed by atoms with Crippen LogP contribution in [0.3, 0.4) is 0 Å². The van der Waals surface area contributed by atoms with E-state index in [1.165, 1.54) is 0 Å². The molecule has 0 radical (unpaired) electrons. The van der Waals surface area contributed by atoms with Crippen molar-refractivity contribution >= 4 is 5.69 Å². The maximum absolute atomic E-state index is 9.93. The van der Waals surface area contributed by atoms with Crippen LogP contribution in [0.25, 0.3) is 0 Å². The van der Waals surface area contributed by atoms with Crippen LogP contribution < -0.4 is 14.8 Å². The number of ether oxygens (including phenoxy) is 2. The van der Waals surface area contributed by atoms with Crippen molar-refractivity contribution in [2.75, 3.05) is 12.1 Å². The largest absolute Gasteiger partial charge is 0.507 e. The van der Waals surface area contributed by atoms with E-state index in [4.69, 9.17) is 9.47 Å². The van der Waals surface area contributed by atoms with Gasteiger partial charge in [0.15, 0.2) is 11.5 Å². The van der Waals surface area contributed by atoms with Crippen molar-refractivity contribution in [3.63, 3.8) is 0 Å². The van der Waals surface area contributed by atoms with E-state index in [1.54, 1.807) is 0 Å². The number of phenols is 1. The zero-order chi connectivity index (χ0) is 14.1. The summed E-state index contributed by atoms with van der Waals surface area (Å²) in [5.74, 6) is 1.92. The predicted octanol–water partition coefficient (Wildman–Crippen LogP) is 3.35. The minimum Gasteiger partial charge on any atom is -0.507 e. The lowest BCUT2D eigenvalue weighted by Gasteiger charge is -2.12. The van der Waals surface area contributed by atoms with E-state index >= 15 is 0 Å². The van der Waals surface area contributed by atoms with Crippen LogP contribution in [-0.2, 0) is 6.54 Å². The van der Waals surface area contributed by atoms with Crippen LogP contribution in [-0.4, -0.2) is 11.9 Å². The number of hydrogen-bond acceptors (Lipinski definition) is 4. The summed E-state index contributed by atoms with van der Waals surface area (Å²) in [4.78, 5) is 0. The predicted molar refractivity (Wildman–Crippen MR) is 77.5 cm³/mol. The quantitative estimate of drug-likeness (QED) is 0.899. The van der Waals surface area contributed by atoms with Crippen LogP contribution in [0, 0.1) is 13.8 Å². The number of hydrogen-bond donors (Lipinski definition) is 2. The van der Waals surface area contributed by atoms with E-state index in [0.717, 1.165) is 33.9 Å². The molecule has 0 fully saturated rings. The smallest absolute Gasteiger partial charge is 0.231 e. The molecule has 4 nitrogen and oxygen atoms in total. The van der Waals surface area contributed by atoms with Crippen molar-refractivity contribution in [2.45, 2.75) is 20.4 Å². The number of aromatic hydroxyl groups is 1. The van der Waals surface area contributed by atoms with E-state index in [2.05, 4.69) is 5.32 Å². The third kappa shape index (κ3) is 2.25. The Morgan fingerprint density at radius 3 is 2.75 bits per heavy atom. The standard InChI is InChI=1S/C16H17NO3/c1-10-3-5-13(11(2)16(10)18)17-8-12-4-6-14-15(7-12)20-9-19-14/h3-7,17-18H,8-9H2,1-2H3. The molecule has 2 N–H and O–H groups in total. The van der Waals surface area contributed by atoms with Gasteiger partial charge in [0.2, 0.25) is 6.79 Å². The average molecular weight is 271 g/mol. The molecule has 0 spiro atoms. The summed E-state index contributed by atoms with van der Waals surface area (Å²) in [5.41, 5.74) is 3.79. The van der Waals surface area contributed by atoms with Gasteiger partial charge in [-0.25, -0.2) is 0 Å². The van der Waals surface area contributed by atoms with Gasteiger partial charge < -0.3 is 19.9 Å². The molecule has 1 aliphatic rings. The first-order chi connectivity index (χ1) is 9.65. The van der Waals surface area contributed by atoms with Crippen LogP contribution in [0.2, 0.25) is 0 Å². The van der Waals surface area contributed by atoms with Crippen molar-refractivity contribution in [2.24, 2.45) is 0 Å². The zero-order valence-corrected chi connectivity index (χ0v) is 11.6. The van der Waals surface area contributed by atoms with Crippen LogP contribution in [0.5, 0.6) is 17.2 Å². The summed E-state index contributed by atoms with van der Waals surface area (Å²) in [6.07, 6.45) is 0. The molecule has 20 heavy (non-hydrogen) atoms. The molecule has 0 aliphatic carbocycles. The Bertz CT molecular complexity index is 652. The molecule has 0 unspecified atom stereocenters. The molecule has 0 saturated heterocycles. The zero-order valence-electron chi connectivity index (χ0n) is 11.6. The van der Waals surface area contributed by atoms with Crippen molar-refractivity contribution in [1.82, 2.24) is 0 Å². The highest BCUT2D eigenvalue weighted by molar-refractivity contribution is 5.59. The van der Waals surface area contributed by atoms with Crippen molar-refractivity contribution in [1.29, 1.82) is 0 Å². The van der Waals surface area contributed by atoms with E-state index in [1.807, 2.05) is 44.2 Å². The minimum absolute atomic E-state index is 0.289. The third-order valence-electron chi connectivity index (χ3n) is 3.55. The van der Waals surface area contributed by atoms with Gasteiger partial charge in [0.05, 0.1) is 0 Å². The fourth-order valence-corrected chi connectivity index (χ4v) is 2.28. The Morgan fingerprint density at radius 1 is 1.10 bits per heavy atom. The van der Waals surface area contributed by atoms with Gasteiger partial charge in [-0.15, -0.1) is 0 Å². The lowest BCUT2D eigenvalue weighted by molar-refractivity contribution is 0.174. The molecule has 104 valence electrons. The lowest BCUT2D eigenvalue weighted by atomic mass is 10.1. The molecule has 2 aromatic carbocycles. The van der Waals surface area contributed by atoms with Gasteiger partial charge >= 0.3 is 0 Å². The number of aryl methyl sites for hydroxylation is 1. The number of phenolic OH excluding ortho intramolecular Hbond substituents is 1. The Kier molecular flexibility index (Phi) is 3.14. The first-order valence-corrected chi connectivity index (χ1v) is 6.57. The highest BCUT2D eigenvalue weighted by Gasteiger charge is 2.13. The van der Waals surface area contributed by atoms with Crippen LogP contribution >= 0.6 is 0 Å². The van der Waals surface area contributed by atoms with Crippen molar-refractivity contribution in [3.05, 3.63) is 47.0 Å². The molecule has 0 aromatic heterocycles. The summed E-state index contributed by atoms with van der Waals surface area (Å²) in [6, 6.07) is 9.78. The van der Waals surface area contributed by atoms with Gasteiger partial charge in [0, 0.05) is 17.8 Å². The van der Waals surface area contributed by atoms with Gasteiger partial charge in [-0.1, -0.05) is 12.1 Å². The van der Waals surface area contributed by atoms with Gasteiger partial charge in [0.1, 0.15) is 5.75 Å². The molecule has 1 aliphatic heterocycles.